The molecule has 10 heavy (non-hydrogen) atoms. The third kappa shape index (κ3) is 3.85. The van der Waals surface area contributed by atoms with Crippen LogP contribution in [0.4, 0.5) is 0 Å². The van der Waals surface area contributed by atoms with Gasteiger partial charge >= 0.3 is 0 Å². The molecule has 0 aliphatic heterocycles. The highest BCUT2D eigenvalue weighted by molar-refractivity contribution is 6.06. The highest BCUT2D eigenvalue weighted by Crippen LogP contribution is 1.93. The van der Waals surface area contributed by atoms with Gasteiger partial charge in [0.15, 0.2) is 0 Å². The van der Waals surface area contributed by atoms with Gasteiger partial charge in [-0.25, -0.2) is 0 Å². The molecule has 0 atom stereocenters. The molecule has 0 fully saturated rings. The summed E-state index contributed by atoms with van der Waals surface area (Å²) < 4.78 is 0. The SMILES string of the molecule is CN=C(C#N)/C=C\C(C)C. The Labute approximate surface area is 61.9 Å². The van der Waals surface area contributed by atoms with Gasteiger partial charge < -0.3 is 0 Å². The van der Waals surface area contributed by atoms with Crippen molar-refractivity contribution >= 4 is 5.71 Å². The molecule has 0 radical (unpaired) electrons. The van der Waals surface area contributed by atoms with E-state index in [0.29, 0.717) is 11.6 Å². The van der Waals surface area contributed by atoms with Crippen LogP contribution in [0.1, 0.15) is 13.8 Å². The summed E-state index contributed by atoms with van der Waals surface area (Å²) in [6.07, 6.45) is 3.69. The largest absolute Gasteiger partial charge is 0.278 e. The lowest BCUT2D eigenvalue weighted by Crippen LogP contribution is -1.88. The lowest BCUT2D eigenvalue weighted by Gasteiger charge is -1.90. The minimum absolute atomic E-state index is 0.477. The van der Waals surface area contributed by atoms with Crippen LogP contribution < -0.4 is 0 Å². The summed E-state index contributed by atoms with van der Waals surface area (Å²) in [5, 5.41) is 8.41. The van der Waals surface area contributed by atoms with Gasteiger partial charge in [0.05, 0.1) is 0 Å². The van der Waals surface area contributed by atoms with Gasteiger partial charge in [-0.15, -0.1) is 0 Å². The summed E-state index contributed by atoms with van der Waals surface area (Å²) in [4.78, 5) is 3.75. The van der Waals surface area contributed by atoms with Crippen LogP contribution in [0.5, 0.6) is 0 Å². The molecule has 0 spiro atoms. The highest BCUT2D eigenvalue weighted by atomic mass is 14.7. The van der Waals surface area contributed by atoms with E-state index in [0.717, 1.165) is 0 Å². The smallest absolute Gasteiger partial charge is 0.134 e. The monoisotopic (exact) mass is 136 g/mol. The average Bonchev–Trinajstić information content (AvgIpc) is 1.90. The topological polar surface area (TPSA) is 36.1 Å². The van der Waals surface area contributed by atoms with E-state index in [2.05, 4.69) is 18.8 Å². The molecule has 0 rings (SSSR count). The van der Waals surface area contributed by atoms with E-state index in [1.54, 1.807) is 13.1 Å². The number of rotatable bonds is 2. The zero-order valence-corrected chi connectivity index (χ0v) is 6.63. The Balaban J connectivity index is 4.02. The molecule has 0 aromatic rings. The van der Waals surface area contributed by atoms with Crippen molar-refractivity contribution in [3.8, 4) is 6.07 Å². The van der Waals surface area contributed by atoms with Crippen LogP contribution in [0, 0.1) is 17.2 Å². The Morgan fingerprint density at radius 2 is 2.20 bits per heavy atom. The lowest BCUT2D eigenvalue weighted by molar-refractivity contribution is 0.833. The molecule has 0 aromatic heterocycles. The molecule has 0 aliphatic carbocycles. The Morgan fingerprint density at radius 1 is 1.60 bits per heavy atom. The maximum absolute atomic E-state index is 8.41. The van der Waals surface area contributed by atoms with Crippen LogP contribution in [-0.2, 0) is 0 Å². The normalized spacial score (nSPS) is 12.5. The second-order valence-corrected chi connectivity index (χ2v) is 2.32. The maximum Gasteiger partial charge on any atom is 0.134 e. The molecule has 0 heterocycles. The van der Waals surface area contributed by atoms with Crippen molar-refractivity contribution in [2.24, 2.45) is 10.9 Å². The predicted octanol–water partition coefficient (Wildman–Crippen LogP) is 1.79. The summed E-state index contributed by atoms with van der Waals surface area (Å²) in [6, 6.07) is 1.97. The van der Waals surface area contributed by atoms with E-state index in [-0.39, 0.29) is 0 Å². The number of nitriles is 1. The van der Waals surface area contributed by atoms with Gasteiger partial charge in [-0.05, 0) is 12.0 Å². The van der Waals surface area contributed by atoms with Crippen molar-refractivity contribution in [3.63, 3.8) is 0 Å². The van der Waals surface area contributed by atoms with Gasteiger partial charge in [-0.3, -0.25) is 4.99 Å². The van der Waals surface area contributed by atoms with Gasteiger partial charge in [0.2, 0.25) is 0 Å². The number of allylic oxidation sites excluding steroid dienone is 2. The molecule has 0 saturated heterocycles. The summed E-state index contributed by atoms with van der Waals surface area (Å²) in [5.41, 5.74) is 0.480. The first-order valence-electron chi connectivity index (χ1n) is 3.25. The van der Waals surface area contributed by atoms with Gasteiger partial charge in [0.1, 0.15) is 11.8 Å². The van der Waals surface area contributed by atoms with Crippen LogP contribution in [0.25, 0.3) is 0 Å². The van der Waals surface area contributed by atoms with Crippen molar-refractivity contribution in [1.82, 2.24) is 0 Å². The van der Waals surface area contributed by atoms with Crippen LogP contribution in [-0.4, -0.2) is 12.8 Å². The summed E-state index contributed by atoms with van der Waals surface area (Å²) in [5.74, 6) is 0.477. The van der Waals surface area contributed by atoms with E-state index in [1.165, 1.54) is 0 Å². The van der Waals surface area contributed by atoms with Crippen molar-refractivity contribution in [2.75, 3.05) is 7.05 Å². The maximum atomic E-state index is 8.41. The average molecular weight is 136 g/mol. The number of hydrogen-bond donors (Lipinski definition) is 0. The molecule has 0 aliphatic rings. The predicted molar refractivity (Wildman–Crippen MR) is 43.0 cm³/mol. The molecule has 0 amide bonds. The molecular formula is C8H12N2. The molecule has 0 bridgehead atoms. The van der Waals surface area contributed by atoms with Gasteiger partial charge in [0, 0.05) is 7.05 Å². The zero-order valence-electron chi connectivity index (χ0n) is 6.63. The Bertz CT molecular complexity index is 182. The fourth-order valence-corrected chi connectivity index (χ4v) is 0.445. The molecule has 0 saturated carbocycles. The third-order valence-corrected chi connectivity index (χ3v) is 0.994. The molecule has 0 aromatic carbocycles. The lowest BCUT2D eigenvalue weighted by atomic mass is 10.2. The van der Waals surface area contributed by atoms with Crippen LogP contribution in [0.15, 0.2) is 17.1 Å². The van der Waals surface area contributed by atoms with Crippen LogP contribution in [0.2, 0.25) is 0 Å². The van der Waals surface area contributed by atoms with E-state index in [4.69, 9.17) is 5.26 Å². The van der Waals surface area contributed by atoms with E-state index in [1.807, 2.05) is 12.1 Å². The van der Waals surface area contributed by atoms with Crippen LogP contribution in [0.3, 0.4) is 0 Å². The van der Waals surface area contributed by atoms with E-state index >= 15 is 0 Å². The van der Waals surface area contributed by atoms with Gasteiger partial charge in [-0.1, -0.05) is 19.9 Å². The van der Waals surface area contributed by atoms with E-state index in [9.17, 15) is 0 Å². The molecule has 0 N–H and O–H groups in total. The van der Waals surface area contributed by atoms with Gasteiger partial charge in [-0.2, -0.15) is 5.26 Å². The van der Waals surface area contributed by atoms with Crippen molar-refractivity contribution in [2.45, 2.75) is 13.8 Å². The molecule has 2 heteroatoms. The second kappa shape index (κ2) is 4.75. The summed E-state index contributed by atoms with van der Waals surface area (Å²) in [6.45, 7) is 4.11. The zero-order chi connectivity index (χ0) is 7.98. The quantitative estimate of drug-likeness (QED) is 0.533. The molecule has 54 valence electrons. The highest BCUT2D eigenvalue weighted by Gasteiger charge is 1.87. The number of nitrogens with zero attached hydrogens (tertiary/aromatic N) is 2. The van der Waals surface area contributed by atoms with Gasteiger partial charge in [0.25, 0.3) is 0 Å². The Morgan fingerprint density at radius 3 is 2.50 bits per heavy atom. The minimum Gasteiger partial charge on any atom is -0.278 e. The minimum atomic E-state index is 0.477. The first-order valence-corrected chi connectivity index (χ1v) is 3.25. The molecule has 0 unspecified atom stereocenters. The Hall–Kier alpha value is -1.10. The molecule has 2 nitrogen and oxygen atoms in total. The number of aliphatic imine (C=N–C) groups is 1. The summed E-state index contributed by atoms with van der Waals surface area (Å²) >= 11 is 0. The van der Waals surface area contributed by atoms with Crippen molar-refractivity contribution in [3.05, 3.63) is 12.2 Å². The van der Waals surface area contributed by atoms with Crippen LogP contribution >= 0.6 is 0 Å². The van der Waals surface area contributed by atoms with Crippen molar-refractivity contribution < 1.29 is 0 Å². The third-order valence-electron chi connectivity index (χ3n) is 0.994. The first kappa shape index (κ1) is 8.90. The summed E-state index contributed by atoms with van der Waals surface area (Å²) in [7, 11) is 1.61. The van der Waals surface area contributed by atoms with Crippen molar-refractivity contribution in [1.29, 1.82) is 5.26 Å². The molecular weight excluding hydrogens is 124 g/mol. The standard InChI is InChI=1S/C8H12N2/c1-7(2)4-5-8(6-9)10-3/h4-5,7H,1-3H3/b5-4-,10-8?. The Kier molecular flexibility index (Phi) is 4.23. The first-order chi connectivity index (χ1) is 4.70. The fraction of sp³-hybridized carbons (Fsp3) is 0.500. The fourth-order valence-electron chi connectivity index (χ4n) is 0.445. The number of hydrogen-bond acceptors (Lipinski definition) is 2. The second-order valence-electron chi connectivity index (χ2n) is 2.32. The van der Waals surface area contributed by atoms with E-state index < -0.39 is 0 Å².